The maximum Gasteiger partial charge on any atom is 0.321 e. The molecule has 3 rings (SSSR count). The number of urea groups is 1. The highest BCUT2D eigenvalue weighted by Crippen LogP contribution is 2.27. The van der Waals surface area contributed by atoms with Crippen LogP contribution in [-0.4, -0.2) is 46.1 Å². The summed E-state index contributed by atoms with van der Waals surface area (Å²) >= 11 is 0. The van der Waals surface area contributed by atoms with Gasteiger partial charge in [-0.2, -0.15) is 0 Å². The van der Waals surface area contributed by atoms with Gasteiger partial charge in [0.25, 0.3) is 10.0 Å². The molecule has 0 spiro atoms. The number of nitrogens with one attached hydrogen (secondary N) is 2. The molecule has 9 nitrogen and oxygen atoms in total. The number of benzene rings is 2. The van der Waals surface area contributed by atoms with Crippen LogP contribution in [0.5, 0.6) is 5.75 Å². The molecule has 29 heavy (non-hydrogen) atoms. The molecule has 154 valence electrons. The lowest BCUT2D eigenvalue weighted by Gasteiger charge is -2.26. The molecular formula is C19H21N3O6S. The van der Waals surface area contributed by atoms with Crippen LogP contribution in [0.3, 0.4) is 0 Å². The number of esters is 1. The average molecular weight is 419 g/mol. The van der Waals surface area contributed by atoms with Gasteiger partial charge in [0.05, 0.1) is 25.0 Å². The van der Waals surface area contributed by atoms with Crippen LogP contribution in [0.2, 0.25) is 0 Å². The zero-order chi connectivity index (χ0) is 21.0. The third-order valence-corrected chi connectivity index (χ3v) is 5.69. The molecule has 10 heteroatoms. The van der Waals surface area contributed by atoms with E-state index in [2.05, 4.69) is 14.8 Å². The zero-order valence-corrected chi connectivity index (χ0v) is 16.8. The van der Waals surface area contributed by atoms with E-state index in [-0.39, 0.29) is 29.9 Å². The first-order valence-electron chi connectivity index (χ1n) is 8.76. The van der Waals surface area contributed by atoms with Crippen LogP contribution < -0.4 is 14.8 Å². The summed E-state index contributed by atoms with van der Waals surface area (Å²) in [6.07, 6.45) is 0.103. The van der Waals surface area contributed by atoms with Crippen molar-refractivity contribution in [1.82, 2.24) is 4.90 Å². The third kappa shape index (κ3) is 4.96. The summed E-state index contributed by atoms with van der Waals surface area (Å²) in [5, 5.41) is 2.73. The van der Waals surface area contributed by atoms with Gasteiger partial charge in [-0.15, -0.1) is 0 Å². The Kier molecular flexibility index (Phi) is 5.92. The van der Waals surface area contributed by atoms with Gasteiger partial charge in [0, 0.05) is 25.0 Å². The highest BCUT2D eigenvalue weighted by Gasteiger charge is 2.21. The lowest BCUT2D eigenvalue weighted by molar-refractivity contribution is -0.141. The van der Waals surface area contributed by atoms with Crippen molar-refractivity contribution in [3.63, 3.8) is 0 Å². The summed E-state index contributed by atoms with van der Waals surface area (Å²) in [5.74, 6) is 0.0598. The van der Waals surface area contributed by atoms with E-state index in [0.29, 0.717) is 23.7 Å². The van der Waals surface area contributed by atoms with Crippen LogP contribution in [0.1, 0.15) is 12.0 Å². The molecule has 1 aliphatic rings. The smallest absolute Gasteiger partial charge is 0.321 e. The molecule has 2 amide bonds. The molecule has 2 N–H and O–H groups in total. The molecule has 0 fully saturated rings. The summed E-state index contributed by atoms with van der Waals surface area (Å²) in [6.45, 7) is 0.519. The van der Waals surface area contributed by atoms with Gasteiger partial charge in [0.2, 0.25) is 0 Å². The van der Waals surface area contributed by atoms with Gasteiger partial charge in [0.15, 0.2) is 0 Å². The first-order chi connectivity index (χ1) is 13.8. The first kappa shape index (κ1) is 20.5. The lowest BCUT2D eigenvalue weighted by Crippen LogP contribution is -2.35. The fraction of sp³-hybridized carbons (Fsp3) is 0.263. The number of anilines is 2. The predicted octanol–water partition coefficient (Wildman–Crippen LogP) is 2.41. The fourth-order valence-corrected chi connectivity index (χ4v) is 3.78. The Bertz CT molecular complexity index is 1020. The minimum Gasteiger partial charge on any atom is -0.493 e. The molecule has 0 bridgehead atoms. The van der Waals surface area contributed by atoms with Crippen LogP contribution in [-0.2, 0) is 26.1 Å². The van der Waals surface area contributed by atoms with Gasteiger partial charge < -0.3 is 19.7 Å². The summed E-state index contributed by atoms with van der Waals surface area (Å²) in [6, 6.07) is 10.6. The Balaban J connectivity index is 1.67. The number of hydrogen-bond donors (Lipinski definition) is 2. The maximum atomic E-state index is 12.6. The zero-order valence-electron chi connectivity index (χ0n) is 16.0. The Hall–Kier alpha value is -3.27. The number of nitrogens with zero attached hydrogens (tertiary/aromatic N) is 1. The monoisotopic (exact) mass is 419 g/mol. The molecule has 2 aromatic carbocycles. The summed E-state index contributed by atoms with van der Waals surface area (Å²) in [5.41, 5.74) is 1.86. The topological polar surface area (TPSA) is 114 Å². The second-order valence-corrected chi connectivity index (χ2v) is 8.09. The molecule has 0 unspecified atom stereocenters. The third-order valence-electron chi connectivity index (χ3n) is 4.29. The Labute approximate surface area is 168 Å². The van der Waals surface area contributed by atoms with Crippen molar-refractivity contribution in [3.05, 3.63) is 48.0 Å². The molecule has 0 saturated heterocycles. The van der Waals surface area contributed by atoms with Crippen molar-refractivity contribution in [2.24, 2.45) is 0 Å². The number of carbonyl (C=O) groups is 2. The molecule has 0 aliphatic carbocycles. The van der Waals surface area contributed by atoms with Gasteiger partial charge in [-0.25, -0.2) is 13.2 Å². The second-order valence-electron chi connectivity index (χ2n) is 6.41. The lowest BCUT2D eigenvalue weighted by atomic mass is 10.1. The van der Waals surface area contributed by atoms with E-state index in [9.17, 15) is 18.0 Å². The molecule has 0 saturated carbocycles. The standard InChI is InChI=1S/C19H21N3O6S/c1-22-12-13-11-14(3-8-17(13)20-19(22)24)21-29(25,26)16-6-4-15(5-7-16)28-10-9-18(23)27-2/h3-8,11,21H,9-10,12H2,1-2H3,(H,20,24). The maximum absolute atomic E-state index is 12.6. The number of methoxy groups -OCH3 is 1. The molecular weight excluding hydrogens is 398 g/mol. The SMILES string of the molecule is COC(=O)CCOc1ccc(S(=O)(=O)Nc2ccc3c(c2)CN(C)C(=O)N3)cc1. The van der Waals surface area contributed by atoms with E-state index in [1.54, 1.807) is 25.2 Å². The van der Waals surface area contributed by atoms with E-state index in [0.717, 1.165) is 5.56 Å². The van der Waals surface area contributed by atoms with Crippen LogP contribution in [0, 0.1) is 0 Å². The van der Waals surface area contributed by atoms with Crippen molar-refractivity contribution < 1.29 is 27.5 Å². The quantitative estimate of drug-likeness (QED) is 0.666. The average Bonchev–Trinajstić information content (AvgIpc) is 2.69. The van der Waals surface area contributed by atoms with Crippen molar-refractivity contribution in [2.45, 2.75) is 17.9 Å². The highest BCUT2D eigenvalue weighted by atomic mass is 32.2. The van der Waals surface area contributed by atoms with Crippen LogP contribution in [0.25, 0.3) is 0 Å². The highest BCUT2D eigenvalue weighted by molar-refractivity contribution is 7.92. The van der Waals surface area contributed by atoms with Gasteiger partial charge >= 0.3 is 12.0 Å². The summed E-state index contributed by atoms with van der Waals surface area (Å²) in [7, 11) is -0.845. The number of sulfonamides is 1. The van der Waals surface area contributed by atoms with Crippen LogP contribution in [0.4, 0.5) is 16.2 Å². The van der Waals surface area contributed by atoms with Crippen molar-refractivity contribution in [3.8, 4) is 5.75 Å². The van der Waals surface area contributed by atoms with E-state index >= 15 is 0 Å². The number of hydrogen-bond acceptors (Lipinski definition) is 6. The summed E-state index contributed by atoms with van der Waals surface area (Å²) < 4.78 is 37.7. The van der Waals surface area contributed by atoms with Gasteiger partial charge in [0.1, 0.15) is 5.75 Å². The number of rotatable bonds is 7. The Morgan fingerprint density at radius 2 is 1.93 bits per heavy atom. The van der Waals surface area contributed by atoms with Crippen molar-refractivity contribution in [2.75, 3.05) is 30.8 Å². The molecule has 2 aromatic rings. The Morgan fingerprint density at radius 1 is 1.21 bits per heavy atom. The molecule has 0 atom stereocenters. The second kappa shape index (κ2) is 8.39. The number of carbonyl (C=O) groups excluding carboxylic acids is 2. The number of ether oxygens (including phenoxy) is 2. The molecule has 1 heterocycles. The van der Waals surface area contributed by atoms with Crippen LogP contribution >= 0.6 is 0 Å². The van der Waals surface area contributed by atoms with E-state index in [1.165, 1.54) is 36.3 Å². The first-order valence-corrected chi connectivity index (χ1v) is 10.2. The minimum atomic E-state index is -3.80. The minimum absolute atomic E-state index is 0.0703. The fourth-order valence-electron chi connectivity index (χ4n) is 2.73. The number of amides is 2. The molecule has 1 aliphatic heterocycles. The van der Waals surface area contributed by atoms with Crippen LogP contribution in [0.15, 0.2) is 47.4 Å². The van der Waals surface area contributed by atoms with Gasteiger partial charge in [-0.3, -0.25) is 9.52 Å². The number of fused-ring (bicyclic) bond motifs is 1. The van der Waals surface area contributed by atoms with Gasteiger partial charge in [-0.05, 0) is 48.0 Å². The normalized spacial score (nSPS) is 13.3. The van der Waals surface area contributed by atoms with E-state index in [4.69, 9.17) is 4.74 Å². The predicted molar refractivity (Wildman–Crippen MR) is 106 cm³/mol. The van der Waals surface area contributed by atoms with E-state index < -0.39 is 10.0 Å². The molecule has 0 radical (unpaired) electrons. The Morgan fingerprint density at radius 3 is 2.62 bits per heavy atom. The van der Waals surface area contributed by atoms with Gasteiger partial charge in [-0.1, -0.05) is 0 Å². The largest absolute Gasteiger partial charge is 0.493 e. The molecule has 0 aromatic heterocycles. The van der Waals surface area contributed by atoms with E-state index in [1.807, 2.05) is 0 Å². The van der Waals surface area contributed by atoms with Crippen molar-refractivity contribution >= 4 is 33.4 Å². The van der Waals surface area contributed by atoms with Crippen molar-refractivity contribution in [1.29, 1.82) is 0 Å². The summed E-state index contributed by atoms with van der Waals surface area (Å²) in [4.78, 5) is 24.3.